The topological polar surface area (TPSA) is 63.2 Å². The molecule has 0 bridgehead atoms. The summed E-state index contributed by atoms with van der Waals surface area (Å²) in [6.07, 6.45) is -3.47. The van der Waals surface area contributed by atoms with Crippen molar-refractivity contribution in [1.82, 2.24) is 4.72 Å². The molecule has 1 aromatic carbocycles. The summed E-state index contributed by atoms with van der Waals surface area (Å²) < 4.78 is 76.0. The zero-order chi connectivity index (χ0) is 16.4. The van der Waals surface area contributed by atoms with Gasteiger partial charge < -0.3 is 0 Å². The molecule has 0 unspecified atom stereocenters. The third-order valence-electron chi connectivity index (χ3n) is 2.51. The summed E-state index contributed by atoms with van der Waals surface area (Å²) in [5.41, 5.74) is -1.71. The molecule has 0 radical (unpaired) electrons. The van der Waals surface area contributed by atoms with E-state index in [0.717, 1.165) is 11.8 Å². The third-order valence-corrected chi connectivity index (χ3v) is 4.78. The second kappa shape index (κ2) is 6.22. The number of alkyl halides is 3. The van der Waals surface area contributed by atoms with Gasteiger partial charge in [0, 0.05) is 0 Å². The predicted molar refractivity (Wildman–Crippen MR) is 69.7 cm³/mol. The molecule has 0 aliphatic carbocycles. The van der Waals surface area contributed by atoms with Crippen LogP contribution in [-0.2, 0) is 21.0 Å². The van der Waals surface area contributed by atoms with E-state index >= 15 is 0 Å². The van der Waals surface area contributed by atoms with Crippen LogP contribution in [0.5, 0.6) is 0 Å². The first-order valence-corrected chi connectivity index (χ1v) is 8.22. The first kappa shape index (κ1) is 17.8. The van der Waals surface area contributed by atoms with Crippen LogP contribution >= 0.6 is 11.8 Å². The molecular formula is C11H11F4NO3S2. The molecule has 1 rings (SSSR count). The maximum Gasteiger partial charge on any atom is 0.419 e. The van der Waals surface area contributed by atoms with Crippen LogP contribution in [0.1, 0.15) is 12.5 Å². The van der Waals surface area contributed by atoms with Crippen molar-refractivity contribution in [3.63, 3.8) is 0 Å². The maximum absolute atomic E-state index is 13.1. The fourth-order valence-electron chi connectivity index (χ4n) is 1.27. The molecule has 0 aliphatic heterocycles. The number of sulfonamides is 1. The van der Waals surface area contributed by atoms with Gasteiger partial charge in [-0.1, -0.05) is 0 Å². The Labute approximate surface area is 123 Å². The second-order valence-corrected chi connectivity index (χ2v) is 6.85. The van der Waals surface area contributed by atoms with Crippen LogP contribution in [0.3, 0.4) is 0 Å². The minimum atomic E-state index is -5.04. The summed E-state index contributed by atoms with van der Waals surface area (Å²) in [5, 5.41) is -0.706. The molecule has 0 spiro atoms. The number of hydrogen-bond donors (Lipinski definition) is 1. The molecule has 10 heteroatoms. The number of halogens is 4. The standard InChI is InChI=1S/C11H11F4NO3S2/c1-6(20-2)10(17)16-21(18,19)7-3-4-9(12)8(5-7)11(13,14)15/h3-6H,1-2H3,(H,16,17)/t6-/m1/s1. The molecule has 1 atom stereocenters. The van der Waals surface area contributed by atoms with Crippen LogP contribution in [0.2, 0.25) is 0 Å². The van der Waals surface area contributed by atoms with Crippen LogP contribution in [0, 0.1) is 5.82 Å². The number of rotatable bonds is 4. The maximum atomic E-state index is 13.1. The molecule has 1 amide bonds. The van der Waals surface area contributed by atoms with Crippen molar-refractivity contribution >= 4 is 27.7 Å². The number of nitrogens with one attached hydrogen (secondary N) is 1. The quantitative estimate of drug-likeness (QED) is 0.851. The summed E-state index contributed by atoms with van der Waals surface area (Å²) in [6, 6.07) is 1.19. The van der Waals surface area contributed by atoms with Gasteiger partial charge in [-0.25, -0.2) is 17.5 Å². The van der Waals surface area contributed by atoms with Gasteiger partial charge >= 0.3 is 6.18 Å². The number of carbonyl (C=O) groups excluding carboxylic acids is 1. The van der Waals surface area contributed by atoms with E-state index in [2.05, 4.69) is 0 Å². The van der Waals surface area contributed by atoms with E-state index in [1.807, 2.05) is 0 Å². The SMILES string of the molecule is CS[C@H](C)C(=O)NS(=O)(=O)c1ccc(F)c(C(F)(F)F)c1. The summed E-state index contributed by atoms with van der Waals surface area (Å²) in [7, 11) is -4.49. The van der Waals surface area contributed by atoms with E-state index in [1.165, 1.54) is 6.92 Å². The molecule has 1 aromatic rings. The van der Waals surface area contributed by atoms with Crippen LogP contribution in [0.4, 0.5) is 17.6 Å². The van der Waals surface area contributed by atoms with E-state index in [-0.39, 0.29) is 6.07 Å². The second-order valence-electron chi connectivity index (χ2n) is 3.99. The number of carbonyl (C=O) groups is 1. The van der Waals surface area contributed by atoms with Crippen LogP contribution in [0.25, 0.3) is 0 Å². The summed E-state index contributed by atoms with van der Waals surface area (Å²) in [6.45, 7) is 1.43. The zero-order valence-electron chi connectivity index (χ0n) is 10.9. The fourth-order valence-corrected chi connectivity index (χ4v) is 2.70. The Bertz CT molecular complexity index is 643. The number of amides is 1. The van der Waals surface area contributed by atoms with Crippen LogP contribution in [0.15, 0.2) is 23.1 Å². The van der Waals surface area contributed by atoms with Crippen molar-refractivity contribution < 1.29 is 30.8 Å². The summed E-state index contributed by atoms with van der Waals surface area (Å²) in [4.78, 5) is 10.7. The van der Waals surface area contributed by atoms with Crippen molar-refractivity contribution in [2.45, 2.75) is 23.2 Å². The van der Waals surface area contributed by atoms with Gasteiger partial charge in [0.25, 0.3) is 10.0 Å². The van der Waals surface area contributed by atoms with E-state index in [1.54, 1.807) is 11.0 Å². The highest BCUT2D eigenvalue weighted by atomic mass is 32.2. The molecule has 0 fully saturated rings. The van der Waals surface area contributed by atoms with Crippen molar-refractivity contribution in [2.75, 3.05) is 6.26 Å². The van der Waals surface area contributed by atoms with Crippen LogP contribution in [-0.4, -0.2) is 25.8 Å². The van der Waals surface area contributed by atoms with Crippen molar-refractivity contribution in [1.29, 1.82) is 0 Å². The van der Waals surface area contributed by atoms with E-state index in [4.69, 9.17) is 0 Å². The molecule has 118 valence electrons. The lowest BCUT2D eigenvalue weighted by Gasteiger charge is -2.13. The summed E-state index contributed by atoms with van der Waals surface area (Å²) >= 11 is 1.06. The average Bonchev–Trinajstić information content (AvgIpc) is 2.35. The highest BCUT2D eigenvalue weighted by Gasteiger charge is 2.35. The van der Waals surface area contributed by atoms with Gasteiger partial charge in [-0.2, -0.15) is 24.9 Å². The highest BCUT2D eigenvalue weighted by molar-refractivity contribution is 8.00. The van der Waals surface area contributed by atoms with Gasteiger partial charge in [0.2, 0.25) is 5.91 Å². The number of thioether (sulfide) groups is 1. The van der Waals surface area contributed by atoms with Crippen molar-refractivity contribution in [2.24, 2.45) is 0 Å². The Kier molecular flexibility index (Phi) is 5.26. The molecule has 0 aromatic heterocycles. The molecule has 0 aliphatic rings. The first-order chi connectivity index (χ1) is 9.49. The lowest BCUT2D eigenvalue weighted by atomic mass is 10.2. The van der Waals surface area contributed by atoms with Gasteiger partial charge in [-0.3, -0.25) is 4.79 Å². The smallest absolute Gasteiger partial charge is 0.273 e. The number of hydrogen-bond acceptors (Lipinski definition) is 4. The van der Waals surface area contributed by atoms with Crippen molar-refractivity contribution in [3.05, 3.63) is 29.6 Å². The van der Waals surface area contributed by atoms with Gasteiger partial charge in [0.05, 0.1) is 15.7 Å². The van der Waals surface area contributed by atoms with Gasteiger partial charge in [0.1, 0.15) is 5.82 Å². The van der Waals surface area contributed by atoms with Crippen molar-refractivity contribution in [3.8, 4) is 0 Å². The minimum Gasteiger partial charge on any atom is -0.273 e. The largest absolute Gasteiger partial charge is 0.419 e. The van der Waals surface area contributed by atoms with E-state index in [0.29, 0.717) is 12.1 Å². The zero-order valence-corrected chi connectivity index (χ0v) is 12.5. The fraction of sp³-hybridized carbons (Fsp3) is 0.364. The Morgan fingerprint density at radius 2 is 1.90 bits per heavy atom. The Morgan fingerprint density at radius 1 is 1.33 bits per heavy atom. The Morgan fingerprint density at radius 3 is 2.38 bits per heavy atom. The van der Waals surface area contributed by atoms with Gasteiger partial charge in [0.15, 0.2) is 0 Å². The predicted octanol–water partition coefficient (Wildman–Crippen LogP) is 2.40. The molecule has 4 nitrogen and oxygen atoms in total. The monoisotopic (exact) mass is 345 g/mol. The lowest BCUT2D eigenvalue weighted by molar-refractivity contribution is -0.140. The normalized spacial score (nSPS) is 13.8. The Balaban J connectivity index is 3.19. The molecule has 0 heterocycles. The molecule has 1 N–H and O–H groups in total. The lowest BCUT2D eigenvalue weighted by Crippen LogP contribution is -2.36. The Hall–Kier alpha value is -1.29. The first-order valence-electron chi connectivity index (χ1n) is 5.45. The molecular weight excluding hydrogens is 334 g/mol. The molecule has 0 saturated carbocycles. The average molecular weight is 345 g/mol. The molecule has 21 heavy (non-hydrogen) atoms. The molecule has 0 saturated heterocycles. The van der Waals surface area contributed by atoms with Gasteiger partial charge in [-0.15, -0.1) is 0 Å². The van der Waals surface area contributed by atoms with E-state index in [9.17, 15) is 30.8 Å². The van der Waals surface area contributed by atoms with Gasteiger partial charge in [-0.05, 0) is 31.4 Å². The minimum absolute atomic E-state index is 0.148. The third kappa shape index (κ3) is 4.34. The van der Waals surface area contributed by atoms with E-state index < -0.39 is 43.6 Å². The summed E-state index contributed by atoms with van der Waals surface area (Å²) in [5.74, 6) is -2.47. The van der Waals surface area contributed by atoms with Crippen LogP contribution < -0.4 is 4.72 Å². The highest BCUT2D eigenvalue weighted by Crippen LogP contribution is 2.32. The number of benzene rings is 1.